The van der Waals surface area contributed by atoms with Crippen molar-refractivity contribution in [3.8, 4) is 0 Å². The van der Waals surface area contributed by atoms with E-state index >= 15 is 0 Å². The molecule has 6 bridgehead atoms. The van der Waals surface area contributed by atoms with E-state index < -0.39 is 114 Å². The van der Waals surface area contributed by atoms with Crippen molar-refractivity contribution in [3.63, 3.8) is 0 Å². The number of aliphatic hydroxyl groups is 6. The van der Waals surface area contributed by atoms with Crippen molar-refractivity contribution in [2.24, 2.45) is 0 Å². The Hall–Kier alpha value is -6.75. The third-order valence-electron chi connectivity index (χ3n) is 23.3. The second-order valence-corrected chi connectivity index (χ2v) is 37.5. The van der Waals surface area contributed by atoms with Crippen molar-refractivity contribution in [1.29, 1.82) is 0 Å². The summed E-state index contributed by atoms with van der Waals surface area (Å²) in [5.74, 6) is -0.470. The van der Waals surface area contributed by atoms with Crippen LogP contribution in [0.2, 0.25) is 0 Å². The normalized spacial score (nSPS) is 23.8. The molecule has 53 heteroatoms. The highest BCUT2D eigenvalue weighted by Crippen LogP contribution is 2.41. The van der Waals surface area contributed by atoms with Crippen molar-refractivity contribution in [2.45, 2.75) is 225 Å². The standard InChI is InChI=1S/C91H148N14O37S2/c1-66(106)93-76-79(112)82(115)89(63-137-85(76)140-89)60-131-47-44-128-41-38-125-33-28-120-23-18-103-51-69(97-100-103)54-134-57-88(58-135-55-70-52-104(101-98-70)19-24-121-29-34-126-39-42-129-45-48-132-61-90-64-138-86(141-90)77(94-67(2)107)80(113)83(90)116,59-136-56-71-53-105(102-99-71)20-25-122-30-35-127-40-43-130-46-49-133-62-91-65-139-87(142-91)78(95-68(3)108)81(114)84(91)117)96-74(111)13-7-5-4-6-11-72(109)15-22-119-27-32-124-37-36-123-31-26-118-21-10-12-73(110)16-50-143-144-75-14-8-9-17-92-75/h8-9,14,17,51-53,76-87,112-117H,4-7,10-13,15-16,18-50,54-65H2,1-3H3,(H,93,106)(H,94,107)(H,95,108)(H,96,111)/t76-,77-,78-,79-,80-,81-,82-,83-,84-,85+,86+,87+,89+,90+,91+/m1/s1. The molecule has 6 fully saturated rings. The first-order valence-corrected chi connectivity index (χ1v) is 51.3. The number of unbranched alkanes of at least 4 members (excludes halogenated alkanes) is 3. The van der Waals surface area contributed by atoms with E-state index in [4.69, 9.17) is 118 Å². The second kappa shape index (κ2) is 67.4. The largest absolute Gasteiger partial charge is 0.388 e. The lowest BCUT2D eigenvalue weighted by Crippen LogP contribution is -2.66. The zero-order valence-corrected chi connectivity index (χ0v) is 84.1. The van der Waals surface area contributed by atoms with Crippen molar-refractivity contribution < 1.29 is 178 Å². The van der Waals surface area contributed by atoms with Crippen LogP contribution in [0.3, 0.4) is 0 Å². The molecule has 0 radical (unpaired) electrons. The number of amides is 4. The van der Waals surface area contributed by atoms with Crippen LogP contribution >= 0.6 is 21.6 Å². The van der Waals surface area contributed by atoms with E-state index in [1.807, 2.05) is 18.2 Å². The number of carbonyl (C=O) groups is 6. The summed E-state index contributed by atoms with van der Waals surface area (Å²) >= 11 is 0. The summed E-state index contributed by atoms with van der Waals surface area (Å²) in [5, 5.41) is 102. The number of aliphatic hydroxyl groups excluding tert-OH is 6. The van der Waals surface area contributed by atoms with Crippen LogP contribution in [0.25, 0.3) is 0 Å². The summed E-state index contributed by atoms with van der Waals surface area (Å²) < 4.78 is 150. The average Bonchev–Trinajstić information content (AvgIpc) is 1.61. The van der Waals surface area contributed by atoms with Gasteiger partial charge in [-0.2, -0.15) is 0 Å². The summed E-state index contributed by atoms with van der Waals surface area (Å²) in [6, 6.07) is 3.00. The second-order valence-electron chi connectivity index (χ2n) is 35.1. The van der Waals surface area contributed by atoms with E-state index in [9.17, 15) is 59.4 Å². The number of Topliss-reactive ketones (excluding diaryl/α,β-unsaturated/α-hetero) is 2. The van der Waals surface area contributed by atoms with Gasteiger partial charge in [-0.25, -0.2) is 19.0 Å². The van der Waals surface area contributed by atoms with Gasteiger partial charge in [0.1, 0.15) is 111 Å². The van der Waals surface area contributed by atoms with Crippen LogP contribution in [0.15, 0.2) is 48.0 Å². The highest BCUT2D eigenvalue weighted by Gasteiger charge is 2.62. The lowest BCUT2D eigenvalue weighted by molar-refractivity contribution is -0.238. The summed E-state index contributed by atoms with van der Waals surface area (Å²) in [6.45, 7) is 12.8. The van der Waals surface area contributed by atoms with E-state index in [1.165, 1.54) is 20.8 Å². The maximum Gasteiger partial charge on any atom is 0.220 e. The van der Waals surface area contributed by atoms with Crippen molar-refractivity contribution in [2.75, 3.05) is 257 Å². The number of aromatic nitrogens is 10. The number of fused-ring (bicyclic) bond motifs is 6. The van der Waals surface area contributed by atoms with Crippen molar-refractivity contribution in [3.05, 3.63) is 60.1 Å². The van der Waals surface area contributed by atoms with E-state index in [0.717, 1.165) is 10.8 Å². The van der Waals surface area contributed by atoms with E-state index in [-0.39, 0.29) is 235 Å². The van der Waals surface area contributed by atoms with Crippen LogP contribution in [0.4, 0.5) is 0 Å². The Balaban J connectivity index is 0.638. The molecule has 0 aliphatic carbocycles. The van der Waals surface area contributed by atoms with Crippen LogP contribution in [-0.2, 0) is 187 Å². The Morgan fingerprint density at radius 3 is 1.05 bits per heavy atom. The molecule has 0 aromatic carbocycles. The van der Waals surface area contributed by atoms with E-state index in [2.05, 4.69) is 57.2 Å². The molecule has 816 valence electrons. The fourth-order valence-electron chi connectivity index (χ4n) is 15.8. The van der Waals surface area contributed by atoms with Gasteiger partial charge in [0.2, 0.25) is 23.6 Å². The molecule has 4 aromatic rings. The Morgan fingerprint density at radius 2 is 0.701 bits per heavy atom. The molecule has 6 aliphatic rings. The maximum atomic E-state index is 14.3. The monoisotopic (exact) mass is 2090 g/mol. The molecule has 4 amide bonds. The topological polar surface area (TPSA) is 608 Å². The minimum Gasteiger partial charge on any atom is -0.388 e. The summed E-state index contributed by atoms with van der Waals surface area (Å²) in [4.78, 5) is 78.6. The van der Waals surface area contributed by atoms with Gasteiger partial charge in [-0.05, 0) is 42.2 Å². The Labute approximate surface area is 844 Å². The zero-order valence-electron chi connectivity index (χ0n) is 82.5. The quantitative estimate of drug-likeness (QED) is 0.0161. The summed E-state index contributed by atoms with van der Waals surface area (Å²) in [6.07, 6.45) is 1.11. The molecular formula is C91H148N14O37S2. The molecule has 6 saturated heterocycles. The first-order chi connectivity index (χ1) is 70.0. The first kappa shape index (κ1) is 119. The van der Waals surface area contributed by atoms with E-state index in [1.54, 1.807) is 60.4 Å². The number of pyridine rings is 1. The van der Waals surface area contributed by atoms with Gasteiger partial charge in [-0.1, -0.05) is 45.3 Å². The van der Waals surface area contributed by atoms with E-state index in [0.29, 0.717) is 154 Å². The van der Waals surface area contributed by atoms with Crippen LogP contribution in [-0.4, -0.2) is 469 Å². The fraction of sp³-hybridized carbons (Fsp3) is 0.813. The van der Waals surface area contributed by atoms with Gasteiger partial charge < -0.3 is 170 Å². The molecule has 10 rings (SSSR count). The Morgan fingerprint density at radius 1 is 0.382 bits per heavy atom. The number of ether oxygens (including phenoxy) is 25. The lowest BCUT2D eigenvalue weighted by Gasteiger charge is -2.42. The molecule has 51 nitrogen and oxygen atoms in total. The van der Waals surface area contributed by atoms with Gasteiger partial charge >= 0.3 is 0 Å². The number of rotatable bonds is 86. The minimum absolute atomic E-state index is 0.0221. The summed E-state index contributed by atoms with van der Waals surface area (Å²) in [5.41, 5.74) is -3.73. The first-order valence-electron chi connectivity index (χ1n) is 49.0. The molecule has 144 heavy (non-hydrogen) atoms. The molecule has 0 unspecified atom stereocenters. The third kappa shape index (κ3) is 42.9. The SMILES string of the molecule is CC(=O)N[C@H]1[C@H]2OC[C@](COCCOCCOCCOCCn3cc(COCC(COCc4cn(CCOCCOCCOCCOC[C@@]56CO[C@@H](O5)[C@H](NC(C)=O)[C@@H](O)[C@H]6O)nn4)(COCc4cn(CCOCCOCCOCCOC[C@@]56CO[C@@H](O5)[C@H](NC(C)=O)[C@@H](O)[C@H]6O)nn4)NC(=O)CCCCCCC(=O)CCOCCOCCOCCOCCCC(=O)CCSSc4ccccn4)nn3)(O2)[C@H](O)[C@@H]1O. The average molecular weight is 2090 g/mol. The predicted octanol–water partition coefficient (Wildman–Crippen LogP) is -2.54. The number of ketones is 2. The zero-order chi connectivity index (χ0) is 102. The van der Waals surface area contributed by atoms with Crippen LogP contribution < -0.4 is 21.3 Å². The van der Waals surface area contributed by atoms with Gasteiger partial charge in [0.05, 0.1) is 303 Å². The molecule has 0 saturated carbocycles. The van der Waals surface area contributed by atoms with Crippen LogP contribution in [0.1, 0.15) is 102 Å². The number of nitrogens with zero attached hydrogens (tertiary/aromatic N) is 10. The maximum absolute atomic E-state index is 14.3. The summed E-state index contributed by atoms with van der Waals surface area (Å²) in [7, 11) is 3.19. The van der Waals surface area contributed by atoms with Crippen LogP contribution in [0, 0.1) is 0 Å². The number of carbonyl (C=O) groups excluding carboxylic acids is 6. The lowest BCUT2D eigenvalue weighted by atomic mass is 9.88. The third-order valence-corrected chi connectivity index (χ3v) is 25.5. The Bertz CT molecular complexity index is 3920. The van der Waals surface area contributed by atoms with Gasteiger partial charge in [0, 0.05) is 71.4 Å². The molecule has 15 atom stereocenters. The van der Waals surface area contributed by atoms with Crippen molar-refractivity contribution in [1.82, 2.24) is 71.2 Å². The molecule has 10 heterocycles. The Kier molecular flexibility index (Phi) is 55.8. The van der Waals surface area contributed by atoms with Gasteiger partial charge in [-0.3, -0.25) is 28.8 Å². The highest BCUT2D eigenvalue weighted by molar-refractivity contribution is 8.76. The van der Waals surface area contributed by atoms with Gasteiger partial charge in [-0.15, -0.1) is 15.3 Å². The van der Waals surface area contributed by atoms with Gasteiger partial charge in [0.25, 0.3) is 0 Å². The smallest absolute Gasteiger partial charge is 0.220 e. The van der Waals surface area contributed by atoms with Crippen LogP contribution in [0.5, 0.6) is 0 Å². The van der Waals surface area contributed by atoms with Crippen molar-refractivity contribution >= 4 is 56.8 Å². The highest BCUT2D eigenvalue weighted by atomic mass is 33.1. The molecular weight excluding hydrogens is 1950 g/mol. The molecule has 0 spiro atoms. The fourth-order valence-corrected chi connectivity index (χ4v) is 17.7. The predicted molar refractivity (Wildman–Crippen MR) is 501 cm³/mol. The molecule has 4 aromatic heterocycles. The number of nitrogens with one attached hydrogen (secondary N) is 4. The van der Waals surface area contributed by atoms with Gasteiger partial charge in [0.15, 0.2) is 18.9 Å². The molecule has 6 aliphatic heterocycles. The minimum atomic E-state index is -1.35. The number of hydrogen-bond donors (Lipinski definition) is 10. The number of hydrogen-bond acceptors (Lipinski definition) is 46. The molecule has 10 N–H and O–H groups in total.